The fourth-order valence-corrected chi connectivity index (χ4v) is 1.56. The zero-order valence-electron chi connectivity index (χ0n) is 9.54. The van der Waals surface area contributed by atoms with Crippen LogP contribution in [0.3, 0.4) is 0 Å². The fourth-order valence-electron chi connectivity index (χ4n) is 1.41. The number of rotatable bonds is 7. The van der Waals surface area contributed by atoms with Gasteiger partial charge in [-0.1, -0.05) is 31.9 Å². The topological polar surface area (TPSA) is 26.3 Å². The van der Waals surface area contributed by atoms with Gasteiger partial charge in [0.2, 0.25) is 5.24 Å². The maximum Gasteiger partial charge on any atom is 0.226 e. The number of unbranched alkanes of at least 4 members (excludes halogenated alkanes) is 2. The Morgan fingerprint density at radius 3 is 2.50 bits per heavy atom. The number of ether oxygens (including phenoxy) is 1. The molecule has 0 amide bonds. The Kier molecular flexibility index (Phi) is 5.94. The predicted molar refractivity (Wildman–Crippen MR) is 66.0 cm³/mol. The van der Waals surface area contributed by atoms with Gasteiger partial charge in [-0.3, -0.25) is 4.79 Å². The van der Waals surface area contributed by atoms with Crippen LogP contribution in [0.1, 0.15) is 31.7 Å². The monoisotopic (exact) mass is 240 g/mol. The van der Waals surface area contributed by atoms with E-state index in [1.807, 2.05) is 24.3 Å². The van der Waals surface area contributed by atoms with Gasteiger partial charge in [0.05, 0.1) is 6.61 Å². The van der Waals surface area contributed by atoms with E-state index < -0.39 is 0 Å². The second kappa shape index (κ2) is 7.29. The molecule has 0 aliphatic heterocycles. The highest BCUT2D eigenvalue weighted by atomic mass is 35.5. The van der Waals surface area contributed by atoms with Crippen molar-refractivity contribution in [1.29, 1.82) is 0 Å². The minimum Gasteiger partial charge on any atom is -0.494 e. The molecule has 0 aliphatic carbocycles. The summed E-state index contributed by atoms with van der Waals surface area (Å²) >= 11 is 5.30. The van der Waals surface area contributed by atoms with Crippen molar-refractivity contribution in [1.82, 2.24) is 0 Å². The van der Waals surface area contributed by atoms with Gasteiger partial charge in [-0.15, -0.1) is 0 Å². The maximum absolute atomic E-state index is 10.7. The van der Waals surface area contributed by atoms with Gasteiger partial charge in [0.25, 0.3) is 0 Å². The molecule has 88 valence electrons. The van der Waals surface area contributed by atoms with Crippen molar-refractivity contribution in [2.75, 3.05) is 6.61 Å². The summed E-state index contributed by atoms with van der Waals surface area (Å²) in [4.78, 5) is 10.7. The number of hydrogen-bond acceptors (Lipinski definition) is 2. The summed E-state index contributed by atoms with van der Waals surface area (Å²) in [5, 5.41) is -0.336. The molecule has 16 heavy (non-hydrogen) atoms. The van der Waals surface area contributed by atoms with Crippen LogP contribution in [0, 0.1) is 0 Å². The highest BCUT2D eigenvalue weighted by Gasteiger charge is 2.00. The van der Waals surface area contributed by atoms with Crippen LogP contribution >= 0.6 is 11.6 Å². The molecule has 0 heterocycles. The van der Waals surface area contributed by atoms with Crippen LogP contribution in [-0.4, -0.2) is 11.8 Å². The first-order chi connectivity index (χ1) is 7.72. The lowest BCUT2D eigenvalue weighted by Gasteiger charge is -2.06. The van der Waals surface area contributed by atoms with Crippen molar-refractivity contribution >= 4 is 16.8 Å². The van der Waals surface area contributed by atoms with Crippen LogP contribution in [-0.2, 0) is 11.2 Å². The van der Waals surface area contributed by atoms with Gasteiger partial charge < -0.3 is 4.74 Å². The Hall–Kier alpha value is -1.02. The Bertz CT molecular complexity index is 319. The van der Waals surface area contributed by atoms with E-state index in [0.717, 1.165) is 24.3 Å². The minimum absolute atomic E-state index is 0.275. The van der Waals surface area contributed by atoms with Crippen molar-refractivity contribution in [3.8, 4) is 5.75 Å². The molecule has 0 saturated heterocycles. The highest BCUT2D eigenvalue weighted by Crippen LogP contribution is 2.13. The highest BCUT2D eigenvalue weighted by molar-refractivity contribution is 6.63. The number of halogens is 1. The molecule has 0 aliphatic rings. The van der Waals surface area contributed by atoms with E-state index in [1.54, 1.807) is 0 Å². The summed E-state index contributed by atoms with van der Waals surface area (Å²) in [5.41, 5.74) is 0.918. The summed E-state index contributed by atoms with van der Waals surface area (Å²) in [6.07, 6.45) is 3.75. The standard InChI is InChI=1S/C13H17ClO2/c1-2-3-4-9-16-12-7-5-11(6-8-12)10-13(14)15/h5-8H,2-4,9-10H2,1H3. The van der Waals surface area contributed by atoms with E-state index in [1.165, 1.54) is 12.8 Å². The van der Waals surface area contributed by atoms with E-state index in [-0.39, 0.29) is 11.7 Å². The Labute approximate surface area is 102 Å². The average Bonchev–Trinajstić information content (AvgIpc) is 2.26. The van der Waals surface area contributed by atoms with Crippen LogP contribution in [0.15, 0.2) is 24.3 Å². The lowest BCUT2D eigenvalue weighted by molar-refractivity contribution is -0.111. The molecular formula is C13H17ClO2. The summed E-state index contributed by atoms with van der Waals surface area (Å²) in [6.45, 7) is 2.92. The van der Waals surface area contributed by atoms with Gasteiger partial charge >= 0.3 is 0 Å². The van der Waals surface area contributed by atoms with Gasteiger partial charge in [0.15, 0.2) is 0 Å². The van der Waals surface area contributed by atoms with E-state index >= 15 is 0 Å². The predicted octanol–water partition coefficient (Wildman–Crippen LogP) is 3.56. The minimum atomic E-state index is -0.336. The van der Waals surface area contributed by atoms with E-state index in [9.17, 15) is 4.79 Å². The molecule has 0 radical (unpaired) electrons. The fraction of sp³-hybridized carbons (Fsp3) is 0.462. The zero-order valence-corrected chi connectivity index (χ0v) is 10.3. The third-order valence-corrected chi connectivity index (χ3v) is 2.42. The first-order valence-corrected chi connectivity index (χ1v) is 6.00. The molecule has 1 rings (SSSR count). The van der Waals surface area contributed by atoms with Crippen LogP contribution in [0.5, 0.6) is 5.75 Å². The van der Waals surface area contributed by atoms with Crippen molar-refractivity contribution in [2.24, 2.45) is 0 Å². The number of carbonyl (C=O) groups is 1. The molecule has 3 heteroatoms. The van der Waals surface area contributed by atoms with Crippen molar-refractivity contribution in [2.45, 2.75) is 32.6 Å². The first kappa shape index (κ1) is 13.0. The largest absolute Gasteiger partial charge is 0.494 e. The van der Waals surface area contributed by atoms with E-state index in [2.05, 4.69) is 6.92 Å². The third-order valence-electron chi connectivity index (χ3n) is 2.28. The molecule has 1 aromatic rings. The molecule has 1 aromatic carbocycles. The van der Waals surface area contributed by atoms with Crippen molar-refractivity contribution in [3.63, 3.8) is 0 Å². The van der Waals surface area contributed by atoms with Gasteiger partial charge in [-0.2, -0.15) is 0 Å². The summed E-state index contributed by atoms with van der Waals surface area (Å²) in [5.74, 6) is 0.849. The number of carbonyl (C=O) groups excluding carboxylic acids is 1. The maximum atomic E-state index is 10.7. The van der Waals surface area contributed by atoms with Crippen LogP contribution in [0.2, 0.25) is 0 Å². The average molecular weight is 241 g/mol. The number of hydrogen-bond donors (Lipinski definition) is 0. The molecule has 0 spiro atoms. The SMILES string of the molecule is CCCCCOc1ccc(CC(=O)Cl)cc1. The second-order valence-electron chi connectivity index (χ2n) is 3.73. The quantitative estimate of drug-likeness (QED) is 0.538. The van der Waals surface area contributed by atoms with Gasteiger partial charge in [-0.25, -0.2) is 0 Å². The van der Waals surface area contributed by atoms with E-state index in [4.69, 9.17) is 16.3 Å². The zero-order chi connectivity index (χ0) is 11.8. The van der Waals surface area contributed by atoms with Gasteiger partial charge in [0, 0.05) is 6.42 Å². The summed E-state index contributed by atoms with van der Waals surface area (Å²) in [6, 6.07) is 7.49. The van der Waals surface area contributed by atoms with E-state index in [0.29, 0.717) is 0 Å². The summed E-state index contributed by atoms with van der Waals surface area (Å²) < 4.78 is 5.55. The molecular weight excluding hydrogens is 224 g/mol. The van der Waals surface area contributed by atoms with Crippen LogP contribution in [0.4, 0.5) is 0 Å². The second-order valence-corrected chi connectivity index (χ2v) is 4.15. The third kappa shape index (κ3) is 5.17. The normalized spacial score (nSPS) is 10.1. The molecule has 0 bridgehead atoms. The lowest BCUT2D eigenvalue weighted by atomic mass is 10.1. The lowest BCUT2D eigenvalue weighted by Crippen LogP contribution is -1.98. The molecule has 0 N–H and O–H groups in total. The molecule has 0 saturated carbocycles. The molecule has 0 atom stereocenters. The Balaban J connectivity index is 2.36. The first-order valence-electron chi connectivity index (χ1n) is 5.62. The molecule has 0 fully saturated rings. The molecule has 0 aromatic heterocycles. The van der Waals surface area contributed by atoms with Gasteiger partial charge in [-0.05, 0) is 35.7 Å². The smallest absolute Gasteiger partial charge is 0.226 e. The molecule has 2 nitrogen and oxygen atoms in total. The Morgan fingerprint density at radius 2 is 1.94 bits per heavy atom. The van der Waals surface area contributed by atoms with Crippen LogP contribution < -0.4 is 4.74 Å². The number of benzene rings is 1. The van der Waals surface area contributed by atoms with Crippen molar-refractivity contribution in [3.05, 3.63) is 29.8 Å². The van der Waals surface area contributed by atoms with Crippen LogP contribution in [0.25, 0.3) is 0 Å². The van der Waals surface area contributed by atoms with Gasteiger partial charge in [0.1, 0.15) is 5.75 Å². The summed E-state index contributed by atoms with van der Waals surface area (Å²) in [7, 11) is 0. The van der Waals surface area contributed by atoms with Crippen molar-refractivity contribution < 1.29 is 9.53 Å². The Morgan fingerprint density at radius 1 is 1.25 bits per heavy atom. The molecule has 0 unspecified atom stereocenters.